The fraction of sp³-hybridized carbons (Fsp3) is 0.312. The summed E-state index contributed by atoms with van der Waals surface area (Å²) in [4.78, 5) is 8.94. The molecule has 2 aromatic rings. The third-order valence-electron chi connectivity index (χ3n) is 3.76. The lowest BCUT2D eigenvalue weighted by Gasteiger charge is -2.36. The normalized spacial score (nSPS) is 15.3. The monoisotopic (exact) mass is 305 g/mol. The van der Waals surface area contributed by atoms with Gasteiger partial charge in [0.1, 0.15) is 11.6 Å². The molecule has 1 saturated heterocycles. The summed E-state index contributed by atoms with van der Waals surface area (Å²) >= 11 is 5.87. The molecule has 0 bridgehead atoms. The van der Waals surface area contributed by atoms with E-state index in [-0.39, 0.29) is 5.82 Å². The highest BCUT2D eigenvalue weighted by Crippen LogP contribution is 2.20. The molecule has 1 aromatic heterocycles. The Morgan fingerprint density at radius 3 is 2.33 bits per heavy atom. The predicted molar refractivity (Wildman–Crippen MR) is 84.6 cm³/mol. The van der Waals surface area contributed by atoms with E-state index in [1.807, 2.05) is 24.3 Å². The number of hydrogen-bond donors (Lipinski definition) is 0. The Hall–Kier alpha value is -1.81. The van der Waals surface area contributed by atoms with Crippen molar-refractivity contribution in [3.8, 4) is 0 Å². The number of hydrogen-bond acceptors (Lipinski definition) is 3. The van der Waals surface area contributed by atoms with Crippen LogP contribution in [0.1, 0.15) is 5.56 Å². The fourth-order valence-corrected chi connectivity index (χ4v) is 2.73. The van der Waals surface area contributed by atoms with E-state index in [1.54, 1.807) is 6.20 Å². The van der Waals surface area contributed by atoms with Gasteiger partial charge >= 0.3 is 0 Å². The van der Waals surface area contributed by atoms with Crippen molar-refractivity contribution >= 4 is 23.1 Å². The molecule has 110 valence electrons. The van der Waals surface area contributed by atoms with Crippen LogP contribution in [0, 0.1) is 5.82 Å². The van der Waals surface area contributed by atoms with E-state index in [0.29, 0.717) is 5.88 Å². The third-order valence-corrected chi connectivity index (χ3v) is 4.07. The maximum atomic E-state index is 13.0. The number of halogens is 2. The van der Waals surface area contributed by atoms with E-state index in [0.717, 1.165) is 43.2 Å². The standard InChI is InChI=1S/C16H17ClFN3/c17-12-13-5-6-19-16(11-13)21-9-7-20(8-10-21)15-3-1-14(18)2-4-15/h1-6,11H,7-10,12H2. The molecule has 1 aliphatic rings. The van der Waals surface area contributed by atoms with Gasteiger partial charge in [0, 0.05) is 43.9 Å². The summed E-state index contributed by atoms with van der Waals surface area (Å²) in [6, 6.07) is 10.7. The molecule has 0 spiro atoms. The van der Waals surface area contributed by atoms with Crippen molar-refractivity contribution in [1.29, 1.82) is 0 Å². The average molecular weight is 306 g/mol. The molecule has 0 unspecified atom stereocenters. The van der Waals surface area contributed by atoms with Crippen molar-refractivity contribution in [2.45, 2.75) is 5.88 Å². The summed E-state index contributed by atoms with van der Waals surface area (Å²) in [6.07, 6.45) is 1.80. The first-order valence-electron chi connectivity index (χ1n) is 7.02. The SMILES string of the molecule is Fc1ccc(N2CCN(c3cc(CCl)ccn3)CC2)cc1. The van der Waals surface area contributed by atoms with Gasteiger partial charge in [0.2, 0.25) is 0 Å². The van der Waals surface area contributed by atoms with Gasteiger partial charge in [-0.25, -0.2) is 9.37 Å². The predicted octanol–water partition coefficient (Wildman–Crippen LogP) is 3.29. The Labute approximate surface area is 129 Å². The Morgan fingerprint density at radius 2 is 1.67 bits per heavy atom. The van der Waals surface area contributed by atoms with Crippen LogP contribution in [0.5, 0.6) is 0 Å². The Bertz CT molecular complexity index is 595. The van der Waals surface area contributed by atoms with Crippen LogP contribution in [-0.2, 0) is 5.88 Å². The molecule has 2 heterocycles. The molecule has 0 radical (unpaired) electrons. The van der Waals surface area contributed by atoms with E-state index in [4.69, 9.17) is 11.6 Å². The van der Waals surface area contributed by atoms with Crippen LogP contribution in [-0.4, -0.2) is 31.2 Å². The molecular weight excluding hydrogens is 289 g/mol. The first kappa shape index (κ1) is 14.1. The third kappa shape index (κ3) is 3.27. The van der Waals surface area contributed by atoms with Crippen LogP contribution < -0.4 is 9.80 Å². The maximum absolute atomic E-state index is 13.0. The van der Waals surface area contributed by atoms with Gasteiger partial charge in [-0.1, -0.05) is 0 Å². The maximum Gasteiger partial charge on any atom is 0.128 e. The summed E-state index contributed by atoms with van der Waals surface area (Å²) < 4.78 is 13.0. The molecular formula is C16H17ClFN3. The Kier molecular flexibility index (Phi) is 4.25. The zero-order chi connectivity index (χ0) is 14.7. The lowest BCUT2D eigenvalue weighted by molar-refractivity contribution is 0.624. The number of benzene rings is 1. The van der Waals surface area contributed by atoms with Crippen molar-refractivity contribution in [3.63, 3.8) is 0 Å². The second-order valence-electron chi connectivity index (χ2n) is 5.11. The van der Waals surface area contributed by atoms with E-state index in [2.05, 4.69) is 14.8 Å². The molecule has 0 atom stereocenters. The molecule has 1 aliphatic heterocycles. The van der Waals surface area contributed by atoms with Gasteiger partial charge in [-0.2, -0.15) is 0 Å². The second-order valence-corrected chi connectivity index (χ2v) is 5.37. The minimum absolute atomic E-state index is 0.195. The number of pyridine rings is 1. The summed E-state index contributed by atoms with van der Waals surface area (Å²) in [7, 11) is 0. The Morgan fingerprint density at radius 1 is 1.00 bits per heavy atom. The molecule has 5 heteroatoms. The first-order valence-corrected chi connectivity index (χ1v) is 7.56. The van der Waals surface area contributed by atoms with Crippen molar-refractivity contribution in [1.82, 2.24) is 4.98 Å². The van der Waals surface area contributed by atoms with E-state index >= 15 is 0 Å². The topological polar surface area (TPSA) is 19.4 Å². The lowest BCUT2D eigenvalue weighted by atomic mass is 10.2. The zero-order valence-electron chi connectivity index (χ0n) is 11.7. The van der Waals surface area contributed by atoms with Crippen LogP contribution in [0.4, 0.5) is 15.9 Å². The van der Waals surface area contributed by atoms with Crippen LogP contribution in [0.3, 0.4) is 0 Å². The summed E-state index contributed by atoms with van der Waals surface area (Å²) in [5.74, 6) is 1.29. The van der Waals surface area contributed by atoms with Gasteiger partial charge in [-0.05, 0) is 42.0 Å². The minimum Gasteiger partial charge on any atom is -0.368 e. The van der Waals surface area contributed by atoms with E-state index in [9.17, 15) is 4.39 Å². The number of alkyl halides is 1. The molecule has 0 saturated carbocycles. The highest BCUT2D eigenvalue weighted by molar-refractivity contribution is 6.17. The number of nitrogens with zero attached hydrogens (tertiary/aromatic N) is 3. The minimum atomic E-state index is -0.195. The zero-order valence-corrected chi connectivity index (χ0v) is 12.4. The molecule has 0 N–H and O–H groups in total. The highest BCUT2D eigenvalue weighted by atomic mass is 35.5. The summed E-state index contributed by atoms with van der Waals surface area (Å²) in [6.45, 7) is 3.60. The van der Waals surface area contributed by atoms with Crippen molar-refractivity contribution in [3.05, 3.63) is 54.0 Å². The van der Waals surface area contributed by atoms with Crippen LogP contribution in [0.2, 0.25) is 0 Å². The molecule has 0 aliphatic carbocycles. The van der Waals surface area contributed by atoms with Crippen LogP contribution in [0.15, 0.2) is 42.6 Å². The summed E-state index contributed by atoms with van der Waals surface area (Å²) in [5, 5.41) is 0. The lowest BCUT2D eigenvalue weighted by Crippen LogP contribution is -2.46. The van der Waals surface area contributed by atoms with Gasteiger partial charge in [0.15, 0.2) is 0 Å². The fourth-order valence-electron chi connectivity index (χ4n) is 2.56. The Balaban J connectivity index is 1.65. The number of aromatic nitrogens is 1. The average Bonchev–Trinajstić information content (AvgIpc) is 2.56. The van der Waals surface area contributed by atoms with E-state index < -0.39 is 0 Å². The quantitative estimate of drug-likeness (QED) is 0.811. The van der Waals surface area contributed by atoms with E-state index in [1.165, 1.54) is 12.1 Å². The number of rotatable bonds is 3. The van der Waals surface area contributed by atoms with Gasteiger partial charge in [0.05, 0.1) is 0 Å². The molecule has 3 nitrogen and oxygen atoms in total. The first-order chi connectivity index (χ1) is 10.3. The number of anilines is 2. The highest BCUT2D eigenvalue weighted by Gasteiger charge is 2.18. The van der Waals surface area contributed by atoms with Crippen molar-refractivity contribution < 1.29 is 4.39 Å². The molecule has 1 fully saturated rings. The molecule has 1 aromatic carbocycles. The van der Waals surface area contributed by atoms with Crippen LogP contribution >= 0.6 is 11.6 Å². The second kappa shape index (κ2) is 6.31. The molecule has 0 amide bonds. The van der Waals surface area contributed by atoms with Gasteiger partial charge < -0.3 is 9.80 Å². The molecule has 21 heavy (non-hydrogen) atoms. The number of piperazine rings is 1. The van der Waals surface area contributed by atoms with Gasteiger partial charge in [-0.15, -0.1) is 11.6 Å². The summed E-state index contributed by atoms with van der Waals surface area (Å²) in [5.41, 5.74) is 2.15. The smallest absolute Gasteiger partial charge is 0.128 e. The van der Waals surface area contributed by atoms with Crippen molar-refractivity contribution in [2.24, 2.45) is 0 Å². The molecule has 3 rings (SSSR count). The van der Waals surface area contributed by atoms with Crippen molar-refractivity contribution in [2.75, 3.05) is 36.0 Å². The van der Waals surface area contributed by atoms with Crippen LogP contribution in [0.25, 0.3) is 0 Å². The van der Waals surface area contributed by atoms with Gasteiger partial charge in [-0.3, -0.25) is 0 Å². The largest absolute Gasteiger partial charge is 0.368 e. The van der Waals surface area contributed by atoms with Gasteiger partial charge in [0.25, 0.3) is 0 Å².